The molecule has 0 amide bonds. The van der Waals surface area contributed by atoms with Crippen molar-refractivity contribution in [3.05, 3.63) is 35.9 Å². The highest BCUT2D eigenvalue weighted by molar-refractivity contribution is 5.13. The fourth-order valence-electron chi connectivity index (χ4n) is 1.77. The Balaban J connectivity index is 1.76. The van der Waals surface area contributed by atoms with Crippen LogP contribution in [0.5, 0.6) is 0 Å². The second-order valence-electron chi connectivity index (χ2n) is 4.13. The minimum absolute atomic E-state index is 0.209. The van der Waals surface area contributed by atoms with Gasteiger partial charge in [0.15, 0.2) is 6.29 Å². The van der Waals surface area contributed by atoms with E-state index < -0.39 is 24.5 Å². The van der Waals surface area contributed by atoms with Gasteiger partial charge in [-0.1, -0.05) is 30.3 Å². The van der Waals surface area contributed by atoms with Gasteiger partial charge in [0.1, 0.15) is 12.2 Å². The molecule has 1 heterocycles. The van der Waals surface area contributed by atoms with Crippen molar-refractivity contribution in [2.75, 3.05) is 6.61 Å². The number of nitrogens with two attached hydrogens (primary N) is 1. The molecular formula is C12H17NO4. The van der Waals surface area contributed by atoms with Crippen molar-refractivity contribution in [1.82, 2.24) is 0 Å². The Labute approximate surface area is 99.8 Å². The molecule has 0 aliphatic carbocycles. The Hall–Kier alpha value is -0.980. The van der Waals surface area contributed by atoms with Gasteiger partial charge in [0.25, 0.3) is 0 Å². The summed E-state index contributed by atoms with van der Waals surface area (Å²) in [6, 6.07) is 8.93. The summed E-state index contributed by atoms with van der Waals surface area (Å²) < 4.78 is 10.5. The van der Waals surface area contributed by atoms with Crippen LogP contribution in [0.2, 0.25) is 0 Å². The van der Waals surface area contributed by atoms with Crippen molar-refractivity contribution in [3.8, 4) is 0 Å². The van der Waals surface area contributed by atoms with Gasteiger partial charge in [-0.15, -0.1) is 0 Å². The van der Waals surface area contributed by atoms with Crippen LogP contribution in [0.25, 0.3) is 0 Å². The van der Waals surface area contributed by atoms with Crippen molar-refractivity contribution < 1.29 is 19.7 Å². The monoisotopic (exact) mass is 239 g/mol. The largest absolute Gasteiger partial charge is 0.388 e. The van der Waals surface area contributed by atoms with Crippen LogP contribution in [-0.4, -0.2) is 41.4 Å². The summed E-state index contributed by atoms with van der Waals surface area (Å²) in [5.74, 6) is 0. The molecule has 17 heavy (non-hydrogen) atoms. The fraction of sp³-hybridized carbons (Fsp3) is 0.500. The second kappa shape index (κ2) is 5.57. The Morgan fingerprint density at radius 1 is 1.24 bits per heavy atom. The van der Waals surface area contributed by atoms with Crippen molar-refractivity contribution in [1.29, 1.82) is 0 Å². The second-order valence-corrected chi connectivity index (χ2v) is 4.13. The molecule has 0 spiro atoms. The molecule has 1 saturated heterocycles. The van der Waals surface area contributed by atoms with Gasteiger partial charge in [-0.2, -0.15) is 0 Å². The first-order valence-electron chi connectivity index (χ1n) is 5.57. The summed E-state index contributed by atoms with van der Waals surface area (Å²) in [6.07, 6.45) is -2.57. The van der Waals surface area contributed by atoms with E-state index in [1.165, 1.54) is 0 Å². The third-order valence-corrected chi connectivity index (χ3v) is 2.81. The highest BCUT2D eigenvalue weighted by Crippen LogP contribution is 2.18. The van der Waals surface area contributed by atoms with E-state index in [2.05, 4.69) is 0 Å². The minimum atomic E-state index is -1.12. The quantitative estimate of drug-likeness (QED) is 0.666. The number of hydrogen-bond acceptors (Lipinski definition) is 5. The van der Waals surface area contributed by atoms with Gasteiger partial charge >= 0.3 is 0 Å². The lowest BCUT2D eigenvalue weighted by atomic mass is 10.1. The molecule has 0 radical (unpaired) electrons. The Bertz CT molecular complexity index is 346. The summed E-state index contributed by atoms with van der Waals surface area (Å²) in [5, 5.41) is 18.9. The van der Waals surface area contributed by atoms with Crippen LogP contribution in [0.3, 0.4) is 0 Å². The molecule has 1 aliphatic heterocycles. The molecule has 94 valence electrons. The lowest BCUT2D eigenvalue weighted by Crippen LogP contribution is -2.41. The van der Waals surface area contributed by atoms with Gasteiger partial charge < -0.3 is 25.4 Å². The van der Waals surface area contributed by atoms with E-state index in [1.54, 1.807) is 0 Å². The number of hydrogen-bond donors (Lipinski definition) is 3. The summed E-state index contributed by atoms with van der Waals surface area (Å²) in [4.78, 5) is 0. The summed E-state index contributed by atoms with van der Waals surface area (Å²) in [5.41, 5.74) is 6.56. The minimum Gasteiger partial charge on any atom is -0.388 e. The van der Waals surface area contributed by atoms with Crippen LogP contribution in [-0.2, 0) is 16.1 Å². The lowest BCUT2D eigenvalue weighted by molar-refractivity contribution is -0.119. The third kappa shape index (κ3) is 3.02. The molecule has 0 unspecified atom stereocenters. The number of ether oxygens (including phenoxy) is 2. The van der Waals surface area contributed by atoms with Gasteiger partial charge in [-0.25, -0.2) is 0 Å². The first-order valence-corrected chi connectivity index (χ1v) is 5.57. The number of rotatable bonds is 4. The van der Waals surface area contributed by atoms with Crippen LogP contribution >= 0.6 is 0 Å². The molecule has 1 aromatic carbocycles. The molecule has 4 N–H and O–H groups in total. The van der Waals surface area contributed by atoms with Crippen LogP contribution < -0.4 is 5.73 Å². The van der Waals surface area contributed by atoms with E-state index >= 15 is 0 Å². The van der Waals surface area contributed by atoms with E-state index in [4.69, 9.17) is 15.2 Å². The average molecular weight is 239 g/mol. The van der Waals surface area contributed by atoms with Crippen LogP contribution in [0.15, 0.2) is 30.3 Å². The highest BCUT2D eigenvalue weighted by Gasteiger charge is 2.40. The Morgan fingerprint density at radius 3 is 2.53 bits per heavy atom. The van der Waals surface area contributed by atoms with E-state index in [0.29, 0.717) is 6.61 Å². The van der Waals surface area contributed by atoms with Gasteiger partial charge in [0, 0.05) is 0 Å². The topological polar surface area (TPSA) is 84.9 Å². The fourth-order valence-corrected chi connectivity index (χ4v) is 1.77. The highest BCUT2D eigenvalue weighted by atomic mass is 16.6. The maximum absolute atomic E-state index is 9.64. The van der Waals surface area contributed by atoms with Gasteiger partial charge in [0.05, 0.1) is 19.3 Å². The third-order valence-electron chi connectivity index (χ3n) is 2.81. The normalized spacial score (nSPS) is 32.9. The van der Waals surface area contributed by atoms with Crippen LogP contribution in [0.1, 0.15) is 5.56 Å². The van der Waals surface area contributed by atoms with Crippen LogP contribution in [0.4, 0.5) is 0 Å². The average Bonchev–Trinajstić information content (AvgIpc) is 2.59. The van der Waals surface area contributed by atoms with Gasteiger partial charge in [0.2, 0.25) is 0 Å². The molecule has 5 nitrogen and oxygen atoms in total. The Kier molecular flexibility index (Phi) is 4.09. The first kappa shape index (κ1) is 12.5. The van der Waals surface area contributed by atoms with E-state index in [0.717, 1.165) is 5.56 Å². The number of benzene rings is 1. The molecule has 1 aromatic rings. The predicted molar refractivity (Wildman–Crippen MR) is 61.0 cm³/mol. The van der Waals surface area contributed by atoms with Gasteiger partial charge in [-0.05, 0) is 5.56 Å². The summed E-state index contributed by atoms with van der Waals surface area (Å²) >= 11 is 0. The SMILES string of the molecule is N[C@H]1[C@H](O)[C@@H](COCc2ccccc2)O[C@@H]1O. The molecular weight excluding hydrogens is 222 g/mol. The van der Waals surface area contributed by atoms with Crippen LogP contribution in [0, 0.1) is 0 Å². The molecule has 1 fully saturated rings. The molecule has 2 rings (SSSR count). The maximum Gasteiger partial charge on any atom is 0.173 e. The standard InChI is InChI=1S/C12H17NO4/c13-10-11(14)9(17-12(10)15)7-16-6-8-4-2-1-3-5-8/h1-5,9-12,14-15H,6-7,13H2/t9-,10+,11-,12+/m1/s1. The molecule has 0 aromatic heterocycles. The zero-order valence-electron chi connectivity index (χ0n) is 9.40. The molecule has 0 saturated carbocycles. The van der Waals surface area contributed by atoms with Gasteiger partial charge in [-0.3, -0.25) is 0 Å². The van der Waals surface area contributed by atoms with Crippen molar-refractivity contribution >= 4 is 0 Å². The molecule has 1 aliphatic rings. The molecule has 5 heteroatoms. The number of aliphatic hydroxyl groups is 2. The van der Waals surface area contributed by atoms with Crippen molar-refractivity contribution in [2.24, 2.45) is 5.73 Å². The smallest absolute Gasteiger partial charge is 0.173 e. The maximum atomic E-state index is 9.64. The summed E-state index contributed by atoms with van der Waals surface area (Å²) in [6.45, 7) is 0.652. The zero-order chi connectivity index (χ0) is 12.3. The van der Waals surface area contributed by atoms with Crippen molar-refractivity contribution in [3.63, 3.8) is 0 Å². The number of aliphatic hydroxyl groups excluding tert-OH is 2. The van der Waals surface area contributed by atoms with E-state index in [9.17, 15) is 10.2 Å². The first-order chi connectivity index (χ1) is 8.18. The van der Waals surface area contributed by atoms with Crippen molar-refractivity contribution in [2.45, 2.75) is 31.1 Å². The lowest BCUT2D eigenvalue weighted by Gasteiger charge is -2.14. The molecule has 0 bridgehead atoms. The Morgan fingerprint density at radius 2 is 1.94 bits per heavy atom. The summed E-state index contributed by atoms with van der Waals surface area (Å²) in [7, 11) is 0. The van der Waals surface area contributed by atoms with E-state index in [-0.39, 0.29) is 6.61 Å². The zero-order valence-corrected chi connectivity index (χ0v) is 9.40. The predicted octanol–water partition coefficient (Wildman–Crippen LogP) is -0.391. The molecule has 4 atom stereocenters. The van der Waals surface area contributed by atoms with E-state index in [1.807, 2.05) is 30.3 Å².